The first-order valence-electron chi connectivity index (χ1n) is 11.0. The van der Waals surface area contributed by atoms with Crippen LogP contribution in [0, 0.1) is 18.8 Å². The third-order valence-electron chi connectivity index (χ3n) is 6.45. The van der Waals surface area contributed by atoms with E-state index in [1.165, 1.54) is 11.3 Å². The number of hydrogen-bond acceptors (Lipinski definition) is 4. The zero-order chi connectivity index (χ0) is 22.0. The highest BCUT2D eigenvalue weighted by molar-refractivity contribution is 7.17. The highest BCUT2D eigenvalue weighted by Gasteiger charge is 2.37. The Balaban J connectivity index is 1.62. The lowest BCUT2D eigenvalue weighted by molar-refractivity contribution is -0.147. The van der Waals surface area contributed by atoms with Gasteiger partial charge in [-0.25, -0.2) is 0 Å². The molecule has 2 amide bonds. The van der Waals surface area contributed by atoms with Gasteiger partial charge < -0.3 is 15.7 Å². The number of fused-ring (bicyclic) bond motifs is 1. The highest BCUT2D eigenvalue weighted by atomic mass is 32.1. The third-order valence-corrected chi connectivity index (χ3v) is 7.66. The summed E-state index contributed by atoms with van der Waals surface area (Å²) in [7, 11) is 0. The lowest BCUT2D eigenvalue weighted by Crippen LogP contribution is -2.36. The van der Waals surface area contributed by atoms with Gasteiger partial charge in [-0.3, -0.25) is 14.4 Å². The number of carbonyl (C=O) groups excluding carboxylic acids is 2. The second-order valence-electron chi connectivity index (χ2n) is 8.51. The first kappa shape index (κ1) is 21.6. The van der Waals surface area contributed by atoms with Crippen LogP contribution in [0.3, 0.4) is 0 Å². The summed E-state index contributed by atoms with van der Waals surface area (Å²) in [5.41, 5.74) is 3.28. The number of thiophene rings is 1. The molecule has 164 valence electrons. The van der Waals surface area contributed by atoms with Crippen molar-refractivity contribution in [1.82, 2.24) is 0 Å². The molecule has 6 nitrogen and oxygen atoms in total. The standard InChI is InChI=1S/C24H28N2O4S/c1-14-8-2-6-12-18(14)25-22(28)20-17-11-5-7-13-19(17)31-23(20)26-21(27)15-9-3-4-10-16(15)24(29)30/h2,6,8,12,15-16H,3-5,7,9-11,13H2,1H3,(H,25,28)(H,26,27)(H,29,30)/t15-,16-/m1/s1. The van der Waals surface area contributed by atoms with Crippen molar-refractivity contribution in [1.29, 1.82) is 0 Å². The largest absolute Gasteiger partial charge is 0.481 e. The second kappa shape index (κ2) is 9.22. The van der Waals surface area contributed by atoms with Gasteiger partial charge in [0.25, 0.3) is 5.91 Å². The lowest BCUT2D eigenvalue weighted by Gasteiger charge is -2.27. The number of aryl methyl sites for hydroxylation is 2. The monoisotopic (exact) mass is 440 g/mol. The van der Waals surface area contributed by atoms with E-state index in [2.05, 4.69) is 10.6 Å². The zero-order valence-corrected chi connectivity index (χ0v) is 18.5. The van der Waals surface area contributed by atoms with E-state index < -0.39 is 17.8 Å². The minimum absolute atomic E-state index is 0.220. The maximum Gasteiger partial charge on any atom is 0.307 e. The Labute approximate surface area is 186 Å². The summed E-state index contributed by atoms with van der Waals surface area (Å²) in [6.07, 6.45) is 6.59. The predicted molar refractivity (Wildman–Crippen MR) is 122 cm³/mol. The fourth-order valence-corrected chi connectivity index (χ4v) is 6.03. The van der Waals surface area contributed by atoms with Crippen LogP contribution >= 0.6 is 11.3 Å². The molecule has 4 rings (SSSR count). The Kier molecular flexibility index (Phi) is 6.41. The molecule has 1 heterocycles. The summed E-state index contributed by atoms with van der Waals surface area (Å²) in [5, 5.41) is 16.1. The summed E-state index contributed by atoms with van der Waals surface area (Å²) >= 11 is 1.47. The van der Waals surface area contributed by atoms with E-state index >= 15 is 0 Å². The summed E-state index contributed by atoms with van der Waals surface area (Å²) in [5.74, 6) is -2.63. The van der Waals surface area contributed by atoms with Crippen LogP contribution in [0.5, 0.6) is 0 Å². The molecule has 2 aliphatic carbocycles. The first-order chi connectivity index (χ1) is 15.0. The van der Waals surface area contributed by atoms with Gasteiger partial charge in [0.2, 0.25) is 5.91 Å². The topological polar surface area (TPSA) is 95.5 Å². The summed E-state index contributed by atoms with van der Waals surface area (Å²) in [6, 6.07) is 7.61. The zero-order valence-electron chi connectivity index (χ0n) is 17.7. The minimum atomic E-state index is -0.914. The number of rotatable bonds is 5. The van der Waals surface area contributed by atoms with Crippen LogP contribution in [0.1, 0.15) is 64.9 Å². The third kappa shape index (κ3) is 4.51. The van der Waals surface area contributed by atoms with Gasteiger partial charge in [-0.05, 0) is 62.6 Å². The molecule has 2 aliphatic rings. The van der Waals surface area contributed by atoms with Crippen LogP contribution in [-0.4, -0.2) is 22.9 Å². The minimum Gasteiger partial charge on any atom is -0.481 e. The molecular formula is C24H28N2O4S. The highest BCUT2D eigenvalue weighted by Crippen LogP contribution is 2.40. The molecule has 0 aliphatic heterocycles. The molecule has 31 heavy (non-hydrogen) atoms. The maximum atomic E-state index is 13.3. The van der Waals surface area contributed by atoms with Crippen molar-refractivity contribution in [3.63, 3.8) is 0 Å². The number of nitrogens with one attached hydrogen (secondary N) is 2. The lowest BCUT2D eigenvalue weighted by atomic mass is 9.78. The van der Waals surface area contributed by atoms with Gasteiger partial charge in [0, 0.05) is 10.6 Å². The molecule has 2 aromatic rings. The van der Waals surface area contributed by atoms with Crippen LogP contribution in [0.2, 0.25) is 0 Å². The van der Waals surface area contributed by atoms with E-state index in [1.807, 2.05) is 31.2 Å². The van der Waals surface area contributed by atoms with Crippen molar-refractivity contribution in [2.45, 2.75) is 58.3 Å². The number of carboxylic acid groups (broad SMARTS) is 1. The molecule has 0 radical (unpaired) electrons. The van der Waals surface area contributed by atoms with Crippen molar-refractivity contribution in [2.75, 3.05) is 10.6 Å². The van der Waals surface area contributed by atoms with Crippen molar-refractivity contribution in [3.05, 3.63) is 45.8 Å². The second-order valence-corrected chi connectivity index (χ2v) is 9.61. The molecule has 1 aromatic carbocycles. The van der Waals surface area contributed by atoms with Crippen LogP contribution in [-0.2, 0) is 22.4 Å². The van der Waals surface area contributed by atoms with Gasteiger partial charge in [0.15, 0.2) is 0 Å². The van der Waals surface area contributed by atoms with E-state index in [4.69, 9.17) is 0 Å². The molecule has 0 saturated heterocycles. The molecule has 2 atom stereocenters. The summed E-state index contributed by atoms with van der Waals surface area (Å²) in [4.78, 5) is 39.2. The first-order valence-corrected chi connectivity index (χ1v) is 11.8. The number of carbonyl (C=O) groups is 3. The number of benzene rings is 1. The van der Waals surface area contributed by atoms with Crippen molar-refractivity contribution >= 4 is 39.8 Å². The van der Waals surface area contributed by atoms with Crippen LogP contribution in [0.4, 0.5) is 10.7 Å². The van der Waals surface area contributed by atoms with E-state index in [1.54, 1.807) is 0 Å². The molecule has 7 heteroatoms. The fourth-order valence-electron chi connectivity index (χ4n) is 4.74. The Bertz CT molecular complexity index is 1010. The Morgan fingerprint density at radius 3 is 2.42 bits per heavy atom. The van der Waals surface area contributed by atoms with Crippen LogP contribution in [0.25, 0.3) is 0 Å². The summed E-state index contributed by atoms with van der Waals surface area (Å²) in [6.45, 7) is 1.94. The number of hydrogen-bond donors (Lipinski definition) is 3. The normalized spacial score (nSPS) is 20.5. The van der Waals surface area contributed by atoms with Crippen LogP contribution in [0.15, 0.2) is 24.3 Å². The molecule has 3 N–H and O–H groups in total. The number of para-hydroxylation sites is 1. The Morgan fingerprint density at radius 1 is 0.968 bits per heavy atom. The van der Waals surface area contributed by atoms with Gasteiger partial charge in [-0.1, -0.05) is 31.0 Å². The molecule has 0 bridgehead atoms. The van der Waals surface area contributed by atoms with E-state index in [-0.39, 0.29) is 11.8 Å². The Hall–Kier alpha value is -2.67. The SMILES string of the molecule is Cc1ccccc1NC(=O)c1c(NC(=O)[C@@H]2CCCC[C@H]2C(=O)O)sc2c1CCCC2. The smallest absolute Gasteiger partial charge is 0.307 e. The molecule has 1 fully saturated rings. The van der Waals surface area contributed by atoms with Gasteiger partial charge in [0.1, 0.15) is 5.00 Å². The molecule has 0 spiro atoms. The fraction of sp³-hybridized carbons (Fsp3) is 0.458. The van der Waals surface area contributed by atoms with Crippen molar-refractivity contribution < 1.29 is 19.5 Å². The summed E-state index contributed by atoms with van der Waals surface area (Å²) < 4.78 is 0. The number of amides is 2. The van der Waals surface area contributed by atoms with Gasteiger partial charge in [-0.15, -0.1) is 11.3 Å². The van der Waals surface area contributed by atoms with E-state index in [9.17, 15) is 19.5 Å². The molecule has 1 saturated carbocycles. The molecular weight excluding hydrogens is 412 g/mol. The van der Waals surface area contributed by atoms with Crippen LogP contribution < -0.4 is 10.6 Å². The van der Waals surface area contributed by atoms with Gasteiger partial charge in [-0.2, -0.15) is 0 Å². The quantitative estimate of drug-likeness (QED) is 0.608. The van der Waals surface area contributed by atoms with Gasteiger partial charge in [0.05, 0.1) is 17.4 Å². The number of carboxylic acids is 1. The predicted octanol–water partition coefficient (Wildman–Crippen LogP) is 5.02. The van der Waals surface area contributed by atoms with E-state index in [0.717, 1.165) is 60.2 Å². The molecule has 0 unspecified atom stereocenters. The maximum absolute atomic E-state index is 13.3. The number of aliphatic carboxylic acids is 1. The van der Waals surface area contributed by atoms with E-state index in [0.29, 0.717) is 23.4 Å². The Morgan fingerprint density at radius 2 is 1.68 bits per heavy atom. The van der Waals surface area contributed by atoms with Crippen molar-refractivity contribution in [2.24, 2.45) is 11.8 Å². The number of anilines is 2. The van der Waals surface area contributed by atoms with Gasteiger partial charge >= 0.3 is 5.97 Å². The van der Waals surface area contributed by atoms with Crippen molar-refractivity contribution in [3.8, 4) is 0 Å². The molecule has 1 aromatic heterocycles. The average molecular weight is 441 g/mol. The average Bonchev–Trinajstić information content (AvgIpc) is 3.13.